The Morgan fingerprint density at radius 1 is 1.44 bits per heavy atom. The van der Waals surface area contributed by atoms with E-state index >= 15 is 0 Å². The van der Waals surface area contributed by atoms with Crippen LogP contribution in [0.5, 0.6) is 0 Å². The predicted octanol–water partition coefficient (Wildman–Crippen LogP) is 0.939. The zero-order valence-electron chi connectivity index (χ0n) is 8.06. The molecule has 0 saturated heterocycles. The van der Waals surface area contributed by atoms with Crippen LogP contribution in [0.1, 0.15) is 0 Å². The quantitative estimate of drug-likeness (QED) is 0.811. The van der Waals surface area contributed by atoms with E-state index in [1.807, 2.05) is 0 Å². The van der Waals surface area contributed by atoms with Gasteiger partial charge in [0, 0.05) is 6.20 Å². The molecule has 6 nitrogen and oxygen atoms in total. The van der Waals surface area contributed by atoms with Gasteiger partial charge in [-0.05, 0) is 12.1 Å². The van der Waals surface area contributed by atoms with E-state index < -0.39 is 13.0 Å². The van der Waals surface area contributed by atoms with Crippen LogP contribution in [-0.4, -0.2) is 38.3 Å². The van der Waals surface area contributed by atoms with Gasteiger partial charge in [-0.1, -0.05) is 0 Å². The fourth-order valence-electron chi connectivity index (χ4n) is 1.05. The summed E-state index contributed by atoms with van der Waals surface area (Å²) in [5, 5.41) is 16.1. The van der Waals surface area contributed by atoms with E-state index in [0.717, 1.165) is 0 Å². The molecule has 0 aliphatic rings. The zero-order chi connectivity index (χ0) is 11.4. The van der Waals surface area contributed by atoms with Gasteiger partial charge in [0.25, 0.3) is 6.43 Å². The second-order valence-electron chi connectivity index (χ2n) is 2.89. The molecule has 0 radical (unpaired) electrons. The standard InChI is InChI=1S/C8H8F2N6/c9-6(10)4-11-8-13-7(15-16-8)5-2-1-3-12-14-5/h1-3,6H,4H2,(H2,11,13,15,16). The monoisotopic (exact) mass is 226 g/mol. The lowest BCUT2D eigenvalue weighted by Gasteiger charge is -1.97. The van der Waals surface area contributed by atoms with E-state index in [0.29, 0.717) is 11.5 Å². The molecule has 0 aliphatic carbocycles. The summed E-state index contributed by atoms with van der Waals surface area (Å²) in [6.07, 6.45) is -0.922. The molecular formula is C8H8F2N6. The summed E-state index contributed by atoms with van der Waals surface area (Å²) in [7, 11) is 0. The number of hydrogen-bond acceptors (Lipinski definition) is 5. The highest BCUT2D eigenvalue weighted by atomic mass is 19.3. The van der Waals surface area contributed by atoms with E-state index in [1.54, 1.807) is 12.1 Å². The van der Waals surface area contributed by atoms with Crippen molar-refractivity contribution < 1.29 is 8.78 Å². The normalized spacial score (nSPS) is 10.7. The van der Waals surface area contributed by atoms with Crippen molar-refractivity contribution in [3.05, 3.63) is 18.3 Å². The van der Waals surface area contributed by atoms with Gasteiger partial charge < -0.3 is 5.32 Å². The first-order chi connectivity index (χ1) is 7.75. The molecule has 0 unspecified atom stereocenters. The van der Waals surface area contributed by atoms with Crippen LogP contribution < -0.4 is 5.32 Å². The third-order valence-corrected chi connectivity index (χ3v) is 1.71. The number of anilines is 1. The van der Waals surface area contributed by atoms with Gasteiger partial charge in [-0.25, -0.2) is 8.78 Å². The topological polar surface area (TPSA) is 79.4 Å². The Labute approximate surface area is 89.1 Å². The third-order valence-electron chi connectivity index (χ3n) is 1.71. The molecule has 0 spiro atoms. The predicted molar refractivity (Wildman–Crippen MR) is 51.9 cm³/mol. The molecule has 0 aliphatic heterocycles. The lowest BCUT2D eigenvalue weighted by atomic mass is 10.4. The van der Waals surface area contributed by atoms with Gasteiger partial charge in [-0.2, -0.15) is 10.1 Å². The van der Waals surface area contributed by atoms with Crippen LogP contribution in [0.4, 0.5) is 14.7 Å². The molecule has 2 aromatic heterocycles. The van der Waals surface area contributed by atoms with E-state index in [4.69, 9.17) is 0 Å². The minimum Gasteiger partial charge on any atom is -0.347 e. The molecule has 2 N–H and O–H groups in total. The number of aromatic nitrogens is 5. The van der Waals surface area contributed by atoms with Crippen LogP contribution in [0.3, 0.4) is 0 Å². The van der Waals surface area contributed by atoms with E-state index in [9.17, 15) is 8.78 Å². The summed E-state index contributed by atoms with van der Waals surface area (Å²) >= 11 is 0. The van der Waals surface area contributed by atoms with Crippen molar-refractivity contribution in [1.29, 1.82) is 0 Å². The Kier molecular flexibility index (Phi) is 2.99. The van der Waals surface area contributed by atoms with Crippen LogP contribution >= 0.6 is 0 Å². The Morgan fingerprint density at radius 3 is 3.00 bits per heavy atom. The van der Waals surface area contributed by atoms with Gasteiger partial charge in [-0.3, -0.25) is 5.10 Å². The minimum atomic E-state index is -2.45. The Balaban J connectivity index is 2.08. The number of H-pyrrole nitrogens is 1. The van der Waals surface area contributed by atoms with Gasteiger partial charge in [0.1, 0.15) is 5.69 Å². The van der Waals surface area contributed by atoms with Gasteiger partial charge in [0.15, 0.2) is 5.82 Å². The van der Waals surface area contributed by atoms with Crippen molar-refractivity contribution in [2.75, 3.05) is 11.9 Å². The van der Waals surface area contributed by atoms with Crippen molar-refractivity contribution in [3.63, 3.8) is 0 Å². The maximum Gasteiger partial charge on any atom is 0.255 e. The molecule has 16 heavy (non-hydrogen) atoms. The molecule has 0 bridgehead atoms. The first kappa shape index (κ1) is 10.4. The lowest BCUT2D eigenvalue weighted by molar-refractivity contribution is 0.163. The minimum absolute atomic E-state index is 0.112. The number of rotatable bonds is 4. The molecule has 0 saturated carbocycles. The number of aromatic amines is 1. The van der Waals surface area contributed by atoms with E-state index in [1.165, 1.54) is 6.20 Å². The van der Waals surface area contributed by atoms with Crippen LogP contribution in [-0.2, 0) is 0 Å². The van der Waals surface area contributed by atoms with Crippen molar-refractivity contribution in [2.45, 2.75) is 6.43 Å². The van der Waals surface area contributed by atoms with Crippen molar-refractivity contribution >= 4 is 5.95 Å². The molecule has 2 aromatic rings. The van der Waals surface area contributed by atoms with Crippen LogP contribution in [0.15, 0.2) is 18.3 Å². The maximum atomic E-state index is 11.9. The number of alkyl halides is 2. The largest absolute Gasteiger partial charge is 0.347 e. The maximum absolute atomic E-state index is 11.9. The lowest BCUT2D eigenvalue weighted by Crippen LogP contribution is -2.11. The zero-order valence-corrected chi connectivity index (χ0v) is 8.06. The smallest absolute Gasteiger partial charge is 0.255 e. The van der Waals surface area contributed by atoms with E-state index in [-0.39, 0.29) is 5.95 Å². The third kappa shape index (κ3) is 2.47. The Bertz CT molecular complexity index is 443. The van der Waals surface area contributed by atoms with Crippen LogP contribution in [0.2, 0.25) is 0 Å². The average Bonchev–Trinajstić information content (AvgIpc) is 2.76. The highest BCUT2D eigenvalue weighted by Crippen LogP contribution is 2.11. The second-order valence-corrected chi connectivity index (χ2v) is 2.89. The number of halogens is 2. The van der Waals surface area contributed by atoms with Gasteiger partial charge in [0.05, 0.1) is 6.54 Å². The molecule has 0 amide bonds. The molecule has 0 atom stereocenters. The fourth-order valence-corrected chi connectivity index (χ4v) is 1.05. The highest BCUT2D eigenvalue weighted by molar-refractivity contribution is 5.49. The summed E-state index contributed by atoms with van der Waals surface area (Å²) in [5.74, 6) is 0.491. The molecule has 2 rings (SSSR count). The average molecular weight is 226 g/mol. The fraction of sp³-hybridized carbons (Fsp3) is 0.250. The van der Waals surface area contributed by atoms with Gasteiger partial charge in [0.2, 0.25) is 5.95 Å². The molecule has 84 valence electrons. The summed E-state index contributed by atoms with van der Waals surface area (Å²) in [4.78, 5) is 3.94. The Hall–Kier alpha value is -2.12. The molecular weight excluding hydrogens is 218 g/mol. The van der Waals surface area contributed by atoms with Crippen molar-refractivity contribution in [2.24, 2.45) is 0 Å². The van der Waals surface area contributed by atoms with Crippen LogP contribution in [0.25, 0.3) is 11.5 Å². The number of nitrogens with zero attached hydrogens (tertiary/aromatic N) is 4. The van der Waals surface area contributed by atoms with Crippen LogP contribution in [0, 0.1) is 0 Å². The van der Waals surface area contributed by atoms with Crippen molar-refractivity contribution in [3.8, 4) is 11.5 Å². The summed E-state index contributed by atoms with van der Waals surface area (Å²) in [6.45, 7) is -0.488. The number of nitrogens with one attached hydrogen (secondary N) is 2. The molecule has 8 heteroatoms. The van der Waals surface area contributed by atoms with Gasteiger partial charge >= 0.3 is 0 Å². The second kappa shape index (κ2) is 4.60. The summed E-state index contributed by atoms with van der Waals surface area (Å²) < 4.78 is 23.8. The van der Waals surface area contributed by atoms with E-state index in [2.05, 4.69) is 30.7 Å². The highest BCUT2D eigenvalue weighted by Gasteiger charge is 2.08. The first-order valence-electron chi connectivity index (χ1n) is 4.48. The summed E-state index contributed by atoms with van der Waals surface area (Å²) in [6, 6.07) is 3.38. The van der Waals surface area contributed by atoms with Crippen molar-refractivity contribution in [1.82, 2.24) is 25.4 Å². The summed E-state index contributed by atoms with van der Waals surface area (Å²) in [5.41, 5.74) is 0.500. The SMILES string of the molecule is FC(F)CNc1n[nH]c(-c2cccnn2)n1. The first-order valence-corrected chi connectivity index (χ1v) is 4.48. The number of hydrogen-bond donors (Lipinski definition) is 2. The van der Waals surface area contributed by atoms with Gasteiger partial charge in [-0.15, -0.1) is 10.2 Å². The Morgan fingerprint density at radius 2 is 2.31 bits per heavy atom. The molecule has 0 aromatic carbocycles. The molecule has 0 fully saturated rings. The molecule has 2 heterocycles.